The van der Waals surface area contributed by atoms with E-state index < -0.39 is 58.5 Å². The first-order valence-electron chi connectivity index (χ1n) is 9.71. The molecular weight excluding hydrogens is 336 g/mol. The van der Waals surface area contributed by atoms with Gasteiger partial charge in [-0.15, -0.1) is 0 Å². The molecule has 0 aromatic carbocycles. The van der Waals surface area contributed by atoms with E-state index in [1.165, 1.54) is 0 Å². The Morgan fingerprint density at radius 1 is 1.12 bits per heavy atom. The van der Waals surface area contributed by atoms with Crippen molar-refractivity contribution < 1.29 is 30.0 Å². The van der Waals surface area contributed by atoms with E-state index in [2.05, 4.69) is 6.58 Å². The topological polar surface area (TPSA) is 107 Å². The highest BCUT2D eigenvalue weighted by Gasteiger charge is 2.86. The van der Waals surface area contributed by atoms with Crippen LogP contribution < -0.4 is 0 Å². The summed E-state index contributed by atoms with van der Waals surface area (Å²) in [7, 11) is 0. The van der Waals surface area contributed by atoms with Crippen LogP contribution in [-0.2, 0) is 9.53 Å². The summed E-state index contributed by atoms with van der Waals surface area (Å²) in [6.07, 6.45) is -0.747. The molecule has 2 aliphatic heterocycles. The fraction of sp³-hybridized carbons (Fsp3) is 0.850. The largest absolute Gasteiger partial charge is 0.392 e. The van der Waals surface area contributed by atoms with E-state index in [0.717, 1.165) is 6.42 Å². The van der Waals surface area contributed by atoms with Crippen molar-refractivity contribution in [3.63, 3.8) is 0 Å². The number of hydrogen-bond acceptors (Lipinski definition) is 6. The number of carbonyl (C=O) groups excluding carboxylic acids is 1. The van der Waals surface area contributed by atoms with Gasteiger partial charge < -0.3 is 25.2 Å². The van der Waals surface area contributed by atoms with Gasteiger partial charge in [-0.05, 0) is 42.6 Å². The molecule has 144 valence electrons. The van der Waals surface area contributed by atoms with Gasteiger partial charge in [0, 0.05) is 17.3 Å². The highest BCUT2D eigenvalue weighted by atomic mass is 16.6. The molecule has 2 spiro atoms. The SMILES string of the molecule is C=C1C(=O)[C@@]23[C@H](O)[C@H]1CC[C@@H]2[C@]12CO[C@@]3(O)[C@@H](O)[C@@H]1C(C)(C)CC[C@H]2O. The van der Waals surface area contributed by atoms with Crippen LogP contribution in [-0.4, -0.2) is 56.9 Å². The lowest BCUT2D eigenvalue weighted by molar-refractivity contribution is -0.458. The van der Waals surface area contributed by atoms with Gasteiger partial charge in [-0.3, -0.25) is 4.79 Å². The van der Waals surface area contributed by atoms with Crippen LogP contribution >= 0.6 is 0 Å². The zero-order valence-electron chi connectivity index (χ0n) is 15.3. The minimum atomic E-state index is -2.15. The van der Waals surface area contributed by atoms with E-state index in [1.54, 1.807) is 0 Å². The van der Waals surface area contributed by atoms with Crippen molar-refractivity contribution in [1.82, 2.24) is 0 Å². The zero-order valence-corrected chi connectivity index (χ0v) is 15.3. The van der Waals surface area contributed by atoms with E-state index in [9.17, 15) is 25.2 Å². The van der Waals surface area contributed by atoms with Crippen LogP contribution in [0.4, 0.5) is 0 Å². The molecule has 0 radical (unpaired) electrons. The maximum absolute atomic E-state index is 13.3. The number of fused-ring (bicyclic) bond motifs is 2. The third kappa shape index (κ3) is 1.41. The third-order valence-corrected chi connectivity index (χ3v) is 8.88. The Labute approximate surface area is 152 Å². The predicted octanol–water partition coefficient (Wildman–Crippen LogP) is 0.376. The van der Waals surface area contributed by atoms with Crippen LogP contribution in [0.25, 0.3) is 0 Å². The molecule has 6 heteroatoms. The third-order valence-electron chi connectivity index (χ3n) is 8.88. The summed E-state index contributed by atoms with van der Waals surface area (Å²) in [5, 5.41) is 45.1. The minimum Gasteiger partial charge on any atom is -0.392 e. The van der Waals surface area contributed by atoms with Crippen molar-refractivity contribution in [2.75, 3.05) is 6.61 Å². The van der Waals surface area contributed by atoms with Crippen molar-refractivity contribution in [2.24, 2.45) is 34.0 Å². The second-order valence-electron chi connectivity index (χ2n) is 9.97. The number of hydrogen-bond donors (Lipinski definition) is 4. The Kier molecular flexibility index (Phi) is 3.07. The lowest BCUT2D eigenvalue weighted by atomic mass is 9.35. The van der Waals surface area contributed by atoms with Crippen molar-refractivity contribution in [1.29, 1.82) is 0 Å². The van der Waals surface area contributed by atoms with Crippen LogP contribution in [0.1, 0.15) is 39.5 Å². The number of aliphatic hydroxyl groups is 4. The lowest BCUT2D eigenvalue weighted by Gasteiger charge is -2.74. The number of ketones is 1. The number of ether oxygens (including phenoxy) is 1. The summed E-state index contributed by atoms with van der Waals surface area (Å²) in [6, 6.07) is 0. The second kappa shape index (κ2) is 4.61. The average molecular weight is 364 g/mol. The van der Waals surface area contributed by atoms with Crippen LogP contribution in [0.2, 0.25) is 0 Å². The summed E-state index contributed by atoms with van der Waals surface area (Å²) < 4.78 is 5.80. The van der Waals surface area contributed by atoms with Gasteiger partial charge in [0.1, 0.15) is 11.5 Å². The van der Waals surface area contributed by atoms with Gasteiger partial charge in [-0.2, -0.15) is 0 Å². The maximum Gasteiger partial charge on any atom is 0.208 e. The van der Waals surface area contributed by atoms with Crippen LogP contribution in [0.3, 0.4) is 0 Å². The number of rotatable bonds is 0. The zero-order chi connectivity index (χ0) is 18.9. The molecule has 0 unspecified atom stereocenters. The molecule has 2 heterocycles. The van der Waals surface area contributed by atoms with Crippen LogP contribution in [0.15, 0.2) is 12.2 Å². The molecule has 6 aliphatic rings. The molecule has 0 aromatic rings. The quantitative estimate of drug-likeness (QED) is 0.463. The number of carbonyl (C=O) groups is 1. The molecular formula is C20H28O6. The fourth-order valence-electron chi connectivity index (χ4n) is 7.90. The summed E-state index contributed by atoms with van der Waals surface area (Å²) >= 11 is 0. The van der Waals surface area contributed by atoms with Gasteiger partial charge >= 0.3 is 0 Å². The summed E-state index contributed by atoms with van der Waals surface area (Å²) in [6.45, 7) is 8.07. The highest BCUT2D eigenvalue weighted by Crippen LogP contribution is 2.76. The molecule has 26 heavy (non-hydrogen) atoms. The molecule has 4 aliphatic carbocycles. The van der Waals surface area contributed by atoms with Crippen LogP contribution in [0.5, 0.6) is 0 Å². The summed E-state index contributed by atoms with van der Waals surface area (Å²) in [5.41, 5.74) is -2.49. The smallest absolute Gasteiger partial charge is 0.208 e. The van der Waals surface area contributed by atoms with Crippen molar-refractivity contribution in [2.45, 2.75) is 63.6 Å². The number of aliphatic hydroxyl groups excluding tert-OH is 3. The van der Waals surface area contributed by atoms with Crippen LogP contribution in [0, 0.1) is 34.0 Å². The maximum atomic E-state index is 13.3. The van der Waals surface area contributed by atoms with Gasteiger partial charge in [0.05, 0.1) is 18.8 Å². The Morgan fingerprint density at radius 2 is 1.81 bits per heavy atom. The Balaban J connectivity index is 1.81. The van der Waals surface area contributed by atoms with E-state index in [-0.39, 0.29) is 12.0 Å². The summed E-state index contributed by atoms with van der Waals surface area (Å²) in [5.74, 6) is -3.80. The molecule has 4 saturated carbocycles. The Morgan fingerprint density at radius 3 is 2.50 bits per heavy atom. The van der Waals surface area contributed by atoms with Crippen molar-refractivity contribution in [3.05, 3.63) is 12.2 Å². The van der Waals surface area contributed by atoms with Crippen molar-refractivity contribution >= 4 is 5.78 Å². The first kappa shape index (κ1) is 17.3. The first-order valence-corrected chi connectivity index (χ1v) is 9.71. The Bertz CT molecular complexity index is 717. The average Bonchev–Trinajstić information content (AvgIpc) is 2.69. The summed E-state index contributed by atoms with van der Waals surface area (Å²) in [4.78, 5) is 13.3. The molecule has 2 saturated heterocycles. The first-order chi connectivity index (χ1) is 12.1. The molecule has 4 bridgehead atoms. The van der Waals surface area contributed by atoms with Gasteiger partial charge in [-0.1, -0.05) is 20.4 Å². The molecule has 6 rings (SSSR count). The lowest BCUT2D eigenvalue weighted by Crippen LogP contribution is -2.85. The van der Waals surface area contributed by atoms with Gasteiger partial charge in [0.25, 0.3) is 0 Å². The van der Waals surface area contributed by atoms with E-state index in [4.69, 9.17) is 4.74 Å². The second-order valence-corrected chi connectivity index (χ2v) is 9.97. The van der Waals surface area contributed by atoms with Gasteiger partial charge in [-0.25, -0.2) is 0 Å². The monoisotopic (exact) mass is 364 g/mol. The van der Waals surface area contributed by atoms with E-state index >= 15 is 0 Å². The van der Waals surface area contributed by atoms with Gasteiger partial charge in [0.2, 0.25) is 5.79 Å². The molecule has 6 nitrogen and oxygen atoms in total. The number of Topliss-reactive ketones (excluding diaryl/α,β-unsaturated/α-hetero) is 1. The standard InChI is InChI=1S/C20H28O6/c1-9-10-4-5-11-18-8-26-20(25,19(11,14(9)22)15(10)23)16(24)13(18)17(2,3)7-6-12(18)21/h10-13,15-16,21,23-25H,1,4-8H2,2-3H3/t10-,11+,12+,13+,15+,16-,18-,19+,20-/m0/s1. The molecule has 4 N–H and O–H groups in total. The highest BCUT2D eigenvalue weighted by molar-refractivity contribution is 6.05. The minimum absolute atomic E-state index is 0.0966. The van der Waals surface area contributed by atoms with E-state index in [0.29, 0.717) is 24.8 Å². The Hall–Kier alpha value is -0.790. The molecule has 0 amide bonds. The predicted molar refractivity (Wildman–Crippen MR) is 90.7 cm³/mol. The van der Waals surface area contributed by atoms with Gasteiger partial charge in [0.15, 0.2) is 5.78 Å². The normalized spacial score (nSPS) is 59.9. The molecule has 9 atom stereocenters. The fourth-order valence-corrected chi connectivity index (χ4v) is 7.90. The molecule has 6 fully saturated rings. The molecule has 0 aromatic heterocycles. The van der Waals surface area contributed by atoms with E-state index in [1.807, 2.05) is 13.8 Å². The van der Waals surface area contributed by atoms with Crippen molar-refractivity contribution in [3.8, 4) is 0 Å².